The molecule has 1 aliphatic carbocycles. The molecule has 0 spiro atoms. The van der Waals surface area contributed by atoms with Crippen molar-refractivity contribution in [2.45, 2.75) is 31.8 Å². The van der Waals surface area contributed by atoms with E-state index in [-0.39, 0.29) is 24.4 Å². The zero-order valence-electron chi connectivity index (χ0n) is 12.3. The number of fused-ring (bicyclic) bond motifs is 1. The van der Waals surface area contributed by atoms with Gasteiger partial charge in [-0.3, -0.25) is 9.69 Å². The number of carbonyl (C=O) groups excluding carboxylic acids is 1. The topological polar surface area (TPSA) is 58.4 Å². The standard InChI is InChI=1S/C15H23N3OS.ClH/c1-10(14-3-2-6-20-14)17-15(19)9-18-7-11-4-5-13(16)12(11)8-18;/h2-3,6,10-13H,4-5,7-9,16H2,1H3,(H,17,19);1H. The number of nitrogens with two attached hydrogens (primary N) is 1. The fourth-order valence-electron chi connectivity index (χ4n) is 3.63. The Kier molecular flexibility index (Phi) is 5.66. The van der Waals surface area contributed by atoms with Gasteiger partial charge >= 0.3 is 0 Å². The van der Waals surface area contributed by atoms with Crippen LogP contribution in [0, 0.1) is 11.8 Å². The summed E-state index contributed by atoms with van der Waals surface area (Å²) in [6.45, 7) is 4.58. The minimum atomic E-state index is 0. The molecule has 1 aliphatic heterocycles. The molecule has 2 heterocycles. The summed E-state index contributed by atoms with van der Waals surface area (Å²) in [4.78, 5) is 15.6. The predicted molar refractivity (Wildman–Crippen MR) is 88.8 cm³/mol. The predicted octanol–water partition coefficient (Wildman–Crippen LogP) is 2.02. The van der Waals surface area contributed by atoms with Gasteiger partial charge in [0, 0.05) is 24.0 Å². The monoisotopic (exact) mass is 329 g/mol. The molecule has 1 aromatic heterocycles. The average Bonchev–Trinajstić information content (AvgIpc) is 3.08. The van der Waals surface area contributed by atoms with Crippen LogP contribution in [0.4, 0.5) is 0 Å². The highest BCUT2D eigenvalue weighted by molar-refractivity contribution is 7.10. The van der Waals surface area contributed by atoms with Crippen LogP contribution in [0.2, 0.25) is 0 Å². The van der Waals surface area contributed by atoms with Crippen molar-refractivity contribution in [1.29, 1.82) is 0 Å². The van der Waals surface area contributed by atoms with E-state index in [1.54, 1.807) is 11.3 Å². The third-order valence-electron chi connectivity index (χ3n) is 4.70. The number of hydrogen-bond donors (Lipinski definition) is 2. The SMILES string of the molecule is CC(NC(=O)CN1CC2CCC(N)C2C1)c1cccs1.Cl. The number of nitrogens with one attached hydrogen (secondary N) is 1. The van der Waals surface area contributed by atoms with E-state index < -0.39 is 0 Å². The number of rotatable bonds is 4. The Morgan fingerprint density at radius 1 is 1.52 bits per heavy atom. The molecule has 1 aromatic rings. The van der Waals surface area contributed by atoms with Crippen LogP contribution >= 0.6 is 23.7 Å². The normalized spacial score (nSPS) is 29.7. The number of hydrogen-bond acceptors (Lipinski definition) is 4. The Morgan fingerprint density at radius 3 is 3.00 bits per heavy atom. The third kappa shape index (κ3) is 3.77. The van der Waals surface area contributed by atoms with Gasteiger partial charge in [-0.05, 0) is 43.0 Å². The maximum atomic E-state index is 12.1. The molecule has 2 fully saturated rings. The van der Waals surface area contributed by atoms with Crippen LogP contribution in [0.5, 0.6) is 0 Å². The molecular weight excluding hydrogens is 306 g/mol. The van der Waals surface area contributed by atoms with Crippen LogP contribution in [-0.4, -0.2) is 36.5 Å². The van der Waals surface area contributed by atoms with Gasteiger partial charge < -0.3 is 11.1 Å². The van der Waals surface area contributed by atoms with E-state index in [2.05, 4.69) is 16.3 Å². The van der Waals surface area contributed by atoms with E-state index >= 15 is 0 Å². The highest BCUT2D eigenvalue weighted by Gasteiger charge is 2.41. The summed E-state index contributed by atoms with van der Waals surface area (Å²) in [5.74, 6) is 1.45. The van der Waals surface area contributed by atoms with Gasteiger partial charge in [0.25, 0.3) is 0 Å². The van der Waals surface area contributed by atoms with Crippen LogP contribution in [0.3, 0.4) is 0 Å². The Bertz CT molecular complexity index is 467. The van der Waals surface area contributed by atoms with Crippen molar-refractivity contribution < 1.29 is 4.79 Å². The first-order valence-electron chi connectivity index (χ1n) is 7.44. The smallest absolute Gasteiger partial charge is 0.234 e. The van der Waals surface area contributed by atoms with E-state index in [1.165, 1.54) is 11.3 Å². The summed E-state index contributed by atoms with van der Waals surface area (Å²) < 4.78 is 0. The van der Waals surface area contributed by atoms with Gasteiger partial charge in [0.2, 0.25) is 5.91 Å². The molecule has 1 saturated carbocycles. The second kappa shape index (κ2) is 7.09. The summed E-state index contributed by atoms with van der Waals surface area (Å²) in [5.41, 5.74) is 6.13. The number of halogens is 1. The van der Waals surface area contributed by atoms with Crippen molar-refractivity contribution in [3.05, 3.63) is 22.4 Å². The van der Waals surface area contributed by atoms with Crippen molar-refractivity contribution in [2.24, 2.45) is 17.6 Å². The minimum Gasteiger partial charge on any atom is -0.348 e. The Balaban J connectivity index is 0.00000161. The van der Waals surface area contributed by atoms with Gasteiger partial charge in [0.05, 0.1) is 12.6 Å². The second-order valence-electron chi connectivity index (χ2n) is 6.16. The molecule has 2 aliphatic rings. The van der Waals surface area contributed by atoms with E-state index in [9.17, 15) is 4.79 Å². The molecule has 0 radical (unpaired) electrons. The van der Waals surface area contributed by atoms with Crippen LogP contribution in [0.25, 0.3) is 0 Å². The van der Waals surface area contributed by atoms with Gasteiger partial charge in [-0.1, -0.05) is 6.07 Å². The molecule has 3 N–H and O–H groups in total. The molecular formula is C15H24ClN3OS. The molecule has 4 unspecified atom stereocenters. The molecule has 0 bridgehead atoms. The lowest BCUT2D eigenvalue weighted by Crippen LogP contribution is -2.38. The summed E-state index contributed by atoms with van der Waals surface area (Å²) >= 11 is 1.68. The first kappa shape index (κ1) is 16.7. The quantitative estimate of drug-likeness (QED) is 0.888. The van der Waals surface area contributed by atoms with Crippen LogP contribution in [-0.2, 0) is 4.79 Å². The first-order valence-corrected chi connectivity index (χ1v) is 8.32. The highest BCUT2D eigenvalue weighted by Crippen LogP contribution is 2.36. The lowest BCUT2D eigenvalue weighted by atomic mass is 9.98. The molecule has 4 nitrogen and oxygen atoms in total. The zero-order chi connectivity index (χ0) is 14.1. The van der Waals surface area contributed by atoms with Gasteiger partial charge in [-0.25, -0.2) is 0 Å². The van der Waals surface area contributed by atoms with Gasteiger partial charge in [0.15, 0.2) is 0 Å². The Hall–Kier alpha value is -0.620. The van der Waals surface area contributed by atoms with Crippen molar-refractivity contribution >= 4 is 29.7 Å². The summed E-state index contributed by atoms with van der Waals surface area (Å²) in [6, 6.07) is 4.53. The van der Waals surface area contributed by atoms with Crippen molar-refractivity contribution in [2.75, 3.05) is 19.6 Å². The second-order valence-corrected chi connectivity index (χ2v) is 7.14. The van der Waals surface area contributed by atoms with Gasteiger partial charge in [0.1, 0.15) is 0 Å². The fourth-order valence-corrected chi connectivity index (χ4v) is 4.36. The van der Waals surface area contributed by atoms with E-state index in [0.717, 1.165) is 19.5 Å². The minimum absolute atomic E-state index is 0. The molecule has 21 heavy (non-hydrogen) atoms. The average molecular weight is 330 g/mol. The molecule has 4 atom stereocenters. The molecule has 0 aromatic carbocycles. The molecule has 6 heteroatoms. The fraction of sp³-hybridized carbons (Fsp3) is 0.667. The maximum Gasteiger partial charge on any atom is 0.234 e. The van der Waals surface area contributed by atoms with Crippen LogP contribution in [0.15, 0.2) is 17.5 Å². The molecule has 118 valence electrons. The van der Waals surface area contributed by atoms with Crippen molar-refractivity contribution in [3.8, 4) is 0 Å². The molecule has 1 amide bonds. The van der Waals surface area contributed by atoms with Crippen molar-refractivity contribution in [3.63, 3.8) is 0 Å². The largest absolute Gasteiger partial charge is 0.348 e. The zero-order valence-corrected chi connectivity index (χ0v) is 14.0. The van der Waals surface area contributed by atoms with E-state index in [0.29, 0.717) is 24.4 Å². The molecule has 1 saturated heterocycles. The van der Waals surface area contributed by atoms with Gasteiger partial charge in [-0.2, -0.15) is 0 Å². The number of amides is 1. The number of carbonyl (C=O) groups is 1. The van der Waals surface area contributed by atoms with Crippen LogP contribution < -0.4 is 11.1 Å². The lowest BCUT2D eigenvalue weighted by molar-refractivity contribution is -0.122. The van der Waals surface area contributed by atoms with Crippen LogP contribution in [0.1, 0.15) is 30.7 Å². The Labute approximate surface area is 136 Å². The summed E-state index contributed by atoms with van der Waals surface area (Å²) in [6.07, 6.45) is 2.39. The number of likely N-dealkylation sites (tertiary alicyclic amines) is 1. The highest BCUT2D eigenvalue weighted by atomic mass is 35.5. The molecule has 3 rings (SSSR count). The number of nitrogens with zero attached hydrogens (tertiary/aromatic N) is 1. The van der Waals surface area contributed by atoms with Crippen molar-refractivity contribution in [1.82, 2.24) is 10.2 Å². The number of thiophene rings is 1. The first-order chi connectivity index (χ1) is 9.63. The third-order valence-corrected chi connectivity index (χ3v) is 5.76. The van der Waals surface area contributed by atoms with Gasteiger partial charge in [-0.15, -0.1) is 23.7 Å². The summed E-state index contributed by atoms with van der Waals surface area (Å²) in [5, 5.41) is 5.13. The Morgan fingerprint density at radius 2 is 2.33 bits per heavy atom. The summed E-state index contributed by atoms with van der Waals surface area (Å²) in [7, 11) is 0. The van der Waals surface area contributed by atoms with E-state index in [4.69, 9.17) is 5.73 Å². The lowest BCUT2D eigenvalue weighted by Gasteiger charge is -2.19. The van der Waals surface area contributed by atoms with E-state index in [1.807, 2.05) is 18.4 Å². The maximum absolute atomic E-state index is 12.1.